The minimum absolute atomic E-state index is 0.0761. The normalized spacial score (nSPS) is 10.2. The van der Waals surface area contributed by atoms with Gasteiger partial charge < -0.3 is 20.1 Å². The zero-order chi connectivity index (χ0) is 19.9. The van der Waals surface area contributed by atoms with Gasteiger partial charge >= 0.3 is 0 Å². The molecule has 0 aliphatic carbocycles. The lowest BCUT2D eigenvalue weighted by Gasteiger charge is -2.10. The van der Waals surface area contributed by atoms with Crippen LogP contribution in [0.25, 0.3) is 0 Å². The average Bonchev–Trinajstić information content (AvgIpc) is 2.70. The second-order valence-corrected chi connectivity index (χ2v) is 6.53. The first-order chi connectivity index (χ1) is 13.6. The second-order valence-electron chi connectivity index (χ2n) is 6.12. The molecule has 3 aromatic carbocycles. The van der Waals surface area contributed by atoms with E-state index in [9.17, 15) is 4.79 Å². The van der Waals surface area contributed by atoms with E-state index in [-0.39, 0.29) is 5.91 Å². The molecule has 3 aromatic rings. The van der Waals surface area contributed by atoms with E-state index in [0.29, 0.717) is 17.2 Å². The zero-order valence-corrected chi connectivity index (χ0v) is 16.4. The van der Waals surface area contributed by atoms with E-state index in [1.54, 1.807) is 26.4 Å². The van der Waals surface area contributed by atoms with Crippen LogP contribution < -0.4 is 20.1 Å². The van der Waals surface area contributed by atoms with Gasteiger partial charge in [-0.3, -0.25) is 4.79 Å². The summed E-state index contributed by atoms with van der Waals surface area (Å²) in [4.78, 5) is 12.2. The summed E-state index contributed by atoms with van der Waals surface area (Å²) in [7, 11) is 3.19. The highest BCUT2D eigenvalue weighted by atomic mass is 35.5. The van der Waals surface area contributed by atoms with Crippen LogP contribution in [0, 0.1) is 0 Å². The molecule has 0 unspecified atom stereocenters. The Hall–Kier alpha value is -3.18. The number of methoxy groups -OCH3 is 2. The van der Waals surface area contributed by atoms with Crippen molar-refractivity contribution in [1.29, 1.82) is 0 Å². The van der Waals surface area contributed by atoms with E-state index in [4.69, 9.17) is 21.1 Å². The predicted molar refractivity (Wildman–Crippen MR) is 113 cm³/mol. The minimum atomic E-state index is -0.0761. The number of carbonyl (C=O) groups is 1. The van der Waals surface area contributed by atoms with Crippen molar-refractivity contribution in [3.05, 3.63) is 77.3 Å². The van der Waals surface area contributed by atoms with Gasteiger partial charge in [0.2, 0.25) is 5.91 Å². The number of hydrogen-bond acceptors (Lipinski definition) is 4. The standard InChI is InChI=1S/C22H21ClN2O3/c1-27-19-10-3-15(4-11-19)13-22(26)25-17-7-5-16(6-8-17)24-18-9-12-21(28-2)20(23)14-18/h3-12,14,24H,13H2,1-2H3,(H,25,26). The summed E-state index contributed by atoms with van der Waals surface area (Å²) in [5.41, 5.74) is 3.39. The van der Waals surface area contributed by atoms with Gasteiger partial charge in [-0.05, 0) is 60.2 Å². The molecule has 144 valence electrons. The van der Waals surface area contributed by atoms with Crippen LogP contribution in [-0.2, 0) is 11.2 Å². The number of nitrogens with one attached hydrogen (secondary N) is 2. The Morgan fingerprint density at radius 1 is 0.857 bits per heavy atom. The second kappa shape index (κ2) is 9.15. The first-order valence-electron chi connectivity index (χ1n) is 8.71. The van der Waals surface area contributed by atoms with Crippen molar-refractivity contribution in [2.45, 2.75) is 6.42 Å². The number of ether oxygens (including phenoxy) is 2. The van der Waals surface area contributed by atoms with Gasteiger partial charge in [0, 0.05) is 17.1 Å². The lowest BCUT2D eigenvalue weighted by Crippen LogP contribution is -2.14. The Labute approximate surface area is 169 Å². The van der Waals surface area contributed by atoms with E-state index in [1.165, 1.54) is 0 Å². The average molecular weight is 397 g/mol. The summed E-state index contributed by atoms with van der Waals surface area (Å²) in [5.74, 6) is 1.32. The quantitative estimate of drug-likeness (QED) is 0.570. The third-order valence-corrected chi connectivity index (χ3v) is 4.43. The predicted octanol–water partition coefficient (Wildman–Crippen LogP) is 5.28. The molecule has 1 amide bonds. The molecule has 0 fully saturated rings. The van der Waals surface area contributed by atoms with Crippen LogP contribution in [0.15, 0.2) is 66.7 Å². The van der Waals surface area contributed by atoms with Crippen LogP contribution in [0.3, 0.4) is 0 Å². The van der Waals surface area contributed by atoms with E-state index in [2.05, 4.69) is 10.6 Å². The summed E-state index contributed by atoms with van der Waals surface area (Å²) < 4.78 is 10.3. The molecule has 0 aliphatic heterocycles. The van der Waals surface area contributed by atoms with Crippen molar-refractivity contribution in [1.82, 2.24) is 0 Å². The monoisotopic (exact) mass is 396 g/mol. The highest BCUT2D eigenvalue weighted by Crippen LogP contribution is 2.29. The molecule has 0 saturated heterocycles. The SMILES string of the molecule is COc1ccc(CC(=O)Nc2ccc(Nc3ccc(OC)c(Cl)c3)cc2)cc1. The molecule has 5 nitrogen and oxygen atoms in total. The molecular formula is C22H21ClN2O3. The van der Waals surface area contributed by atoms with Crippen molar-refractivity contribution in [3.63, 3.8) is 0 Å². The molecule has 28 heavy (non-hydrogen) atoms. The van der Waals surface area contributed by atoms with Gasteiger partial charge in [0.05, 0.1) is 25.7 Å². The van der Waals surface area contributed by atoms with Gasteiger partial charge in [0.15, 0.2) is 0 Å². The summed E-state index contributed by atoms with van der Waals surface area (Å²) in [6, 6.07) is 20.4. The van der Waals surface area contributed by atoms with Crippen LogP contribution in [0.2, 0.25) is 5.02 Å². The smallest absolute Gasteiger partial charge is 0.228 e. The van der Waals surface area contributed by atoms with E-state index in [0.717, 1.165) is 28.4 Å². The van der Waals surface area contributed by atoms with Crippen molar-refractivity contribution >= 4 is 34.6 Å². The van der Waals surface area contributed by atoms with Crippen molar-refractivity contribution in [2.24, 2.45) is 0 Å². The number of anilines is 3. The minimum Gasteiger partial charge on any atom is -0.497 e. The fourth-order valence-electron chi connectivity index (χ4n) is 2.68. The van der Waals surface area contributed by atoms with Crippen LogP contribution in [0.5, 0.6) is 11.5 Å². The van der Waals surface area contributed by atoms with E-state index < -0.39 is 0 Å². The topological polar surface area (TPSA) is 59.6 Å². The van der Waals surface area contributed by atoms with Gasteiger partial charge in [-0.2, -0.15) is 0 Å². The number of benzene rings is 3. The molecule has 0 heterocycles. The lowest BCUT2D eigenvalue weighted by atomic mass is 10.1. The van der Waals surface area contributed by atoms with Gasteiger partial charge in [0.1, 0.15) is 11.5 Å². The number of hydrogen-bond donors (Lipinski definition) is 2. The van der Waals surface area contributed by atoms with Crippen LogP contribution in [-0.4, -0.2) is 20.1 Å². The maximum Gasteiger partial charge on any atom is 0.228 e. The van der Waals surface area contributed by atoms with Gasteiger partial charge in [-0.1, -0.05) is 23.7 Å². The number of carbonyl (C=O) groups excluding carboxylic acids is 1. The highest BCUT2D eigenvalue weighted by Gasteiger charge is 2.06. The van der Waals surface area contributed by atoms with Crippen molar-refractivity contribution in [2.75, 3.05) is 24.9 Å². The Balaban J connectivity index is 1.57. The van der Waals surface area contributed by atoms with Gasteiger partial charge in [-0.25, -0.2) is 0 Å². The number of rotatable bonds is 7. The fourth-order valence-corrected chi connectivity index (χ4v) is 2.94. The van der Waals surface area contributed by atoms with E-state index >= 15 is 0 Å². The Morgan fingerprint density at radius 3 is 2.11 bits per heavy atom. The Kier molecular flexibility index (Phi) is 6.40. The van der Waals surface area contributed by atoms with Crippen LogP contribution in [0.1, 0.15) is 5.56 Å². The van der Waals surface area contributed by atoms with E-state index in [1.807, 2.05) is 54.6 Å². The Morgan fingerprint density at radius 2 is 1.50 bits per heavy atom. The van der Waals surface area contributed by atoms with Crippen LogP contribution >= 0.6 is 11.6 Å². The molecule has 0 aliphatic rings. The molecular weight excluding hydrogens is 376 g/mol. The van der Waals surface area contributed by atoms with Gasteiger partial charge in [-0.15, -0.1) is 0 Å². The van der Waals surface area contributed by atoms with Crippen LogP contribution in [0.4, 0.5) is 17.1 Å². The molecule has 0 spiro atoms. The molecule has 0 radical (unpaired) electrons. The fraction of sp³-hybridized carbons (Fsp3) is 0.136. The third kappa shape index (κ3) is 5.18. The molecule has 6 heteroatoms. The summed E-state index contributed by atoms with van der Waals surface area (Å²) >= 11 is 6.14. The van der Waals surface area contributed by atoms with Gasteiger partial charge in [0.25, 0.3) is 0 Å². The molecule has 0 atom stereocenters. The number of amides is 1. The summed E-state index contributed by atoms with van der Waals surface area (Å²) in [6.45, 7) is 0. The first-order valence-corrected chi connectivity index (χ1v) is 9.08. The molecule has 0 aromatic heterocycles. The molecule has 2 N–H and O–H groups in total. The zero-order valence-electron chi connectivity index (χ0n) is 15.7. The highest BCUT2D eigenvalue weighted by molar-refractivity contribution is 6.32. The lowest BCUT2D eigenvalue weighted by molar-refractivity contribution is -0.115. The maximum atomic E-state index is 12.2. The summed E-state index contributed by atoms with van der Waals surface area (Å²) in [6.07, 6.45) is 0.300. The largest absolute Gasteiger partial charge is 0.497 e. The van der Waals surface area contributed by atoms with Crippen molar-refractivity contribution < 1.29 is 14.3 Å². The maximum absolute atomic E-state index is 12.2. The van der Waals surface area contributed by atoms with Crippen molar-refractivity contribution in [3.8, 4) is 11.5 Å². The first kappa shape index (κ1) is 19.6. The molecule has 3 rings (SSSR count). The molecule has 0 saturated carbocycles. The summed E-state index contributed by atoms with van der Waals surface area (Å²) in [5, 5.41) is 6.70. The number of halogens is 1. The Bertz CT molecular complexity index is 941. The third-order valence-electron chi connectivity index (χ3n) is 4.13. The molecule has 0 bridgehead atoms.